The second kappa shape index (κ2) is 16.6. The van der Waals surface area contributed by atoms with Crippen LogP contribution in [0.25, 0.3) is 20.9 Å². The minimum absolute atomic E-state index is 0. The molecule has 0 aromatic rings. The number of ether oxygens (including phenoxy) is 2. The molecule has 0 aromatic carbocycles. The normalized spacial score (nSPS) is 22.3. The van der Waals surface area contributed by atoms with E-state index in [1.165, 1.54) is 9.80 Å². The molecule has 0 bridgehead atoms. The minimum atomic E-state index is -3.71. The monoisotopic (exact) mass is 575 g/mol. The van der Waals surface area contributed by atoms with E-state index in [1.807, 2.05) is 0 Å². The van der Waals surface area contributed by atoms with Crippen LogP contribution in [0.15, 0.2) is 10.2 Å². The summed E-state index contributed by atoms with van der Waals surface area (Å²) >= 11 is 0. The number of aliphatic hydroxyl groups excluding tert-OH is 1. The van der Waals surface area contributed by atoms with Gasteiger partial charge in [-0.2, -0.15) is 8.42 Å². The van der Waals surface area contributed by atoms with Crippen molar-refractivity contribution in [2.45, 2.75) is 77.0 Å². The predicted octanol–water partition coefficient (Wildman–Crippen LogP) is -0.812. The van der Waals surface area contributed by atoms with Gasteiger partial charge in [0, 0.05) is 22.9 Å². The Kier molecular flexibility index (Phi) is 17.5. The van der Waals surface area contributed by atoms with E-state index in [9.17, 15) is 23.1 Å². The fourth-order valence-corrected chi connectivity index (χ4v) is 3.79. The van der Waals surface area contributed by atoms with Crippen LogP contribution in [0.5, 0.6) is 0 Å². The smallest absolute Gasteiger partial charge is 0.870 e. The van der Waals surface area contributed by atoms with Crippen molar-refractivity contribution < 1.29 is 66.6 Å². The molecular weight excluding hydrogens is 539 g/mol. The Labute approximate surface area is 239 Å². The summed E-state index contributed by atoms with van der Waals surface area (Å²) in [6, 6.07) is -1.35. The summed E-state index contributed by atoms with van der Waals surface area (Å²) in [6.07, 6.45) is -1.91. The van der Waals surface area contributed by atoms with Crippen molar-refractivity contribution >= 4 is 22.3 Å². The molecule has 2 aliphatic heterocycles. The molecule has 0 unspecified atom stereocenters. The summed E-state index contributed by atoms with van der Waals surface area (Å²) < 4.78 is 37.4. The maximum absolute atomic E-state index is 11.9. The van der Waals surface area contributed by atoms with Gasteiger partial charge in [0.15, 0.2) is 0 Å². The Bertz CT molecular complexity index is 1010. The van der Waals surface area contributed by atoms with Crippen molar-refractivity contribution in [2.75, 3.05) is 32.4 Å². The van der Waals surface area contributed by atoms with Crippen LogP contribution < -0.4 is 18.9 Å². The average Bonchev–Trinajstić information content (AvgIpc) is 3.23. The summed E-state index contributed by atoms with van der Waals surface area (Å²) in [4.78, 5) is 31.4. The molecule has 2 amide bonds. The van der Waals surface area contributed by atoms with Gasteiger partial charge in [0.05, 0.1) is 37.5 Å². The van der Waals surface area contributed by atoms with Crippen LogP contribution in [0, 0.1) is 0 Å². The van der Waals surface area contributed by atoms with Crippen molar-refractivity contribution in [3.63, 3.8) is 0 Å². The Morgan fingerprint density at radius 1 is 0.846 bits per heavy atom. The Morgan fingerprint density at radius 3 is 1.62 bits per heavy atom. The first-order valence-corrected chi connectivity index (χ1v) is 12.8. The predicted molar refractivity (Wildman–Crippen MR) is 131 cm³/mol. The van der Waals surface area contributed by atoms with E-state index in [1.54, 1.807) is 41.5 Å². The molecule has 2 heterocycles. The Balaban J connectivity index is -0.000000629. The van der Waals surface area contributed by atoms with Crippen LogP contribution in [0.4, 0.5) is 9.59 Å². The second-order valence-electron chi connectivity index (χ2n) is 10.2. The van der Waals surface area contributed by atoms with Gasteiger partial charge in [0.25, 0.3) is 10.1 Å². The molecule has 4 atom stereocenters. The molecule has 0 aliphatic carbocycles. The zero-order valence-corrected chi connectivity index (χ0v) is 24.1. The van der Waals surface area contributed by atoms with Gasteiger partial charge < -0.3 is 35.3 Å². The number of amides is 2. The van der Waals surface area contributed by atoms with Gasteiger partial charge in [0.2, 0.25) is 0 Å². The number of hydrogen-bond acceptors (Lipinski definition) is 12. The number of aliphatic hydroxyl groups is 1. The number of carbonyl (C=O) groups excluding carboxylic acids is 2. The molecule has 2 aliphatic rings. The van der Waals surface area contributed by atoms with Crippen molar-refractivity contribution in [1.29, 1.82) is 0 Å². The van der Waals surface area contributed by atoms with Gasteiger partial charge >= 0.3 is 31.0 Å². The van der Waals surface area contributed by atoms with Gasteiger partial charge in [-0.1, -0.05) is 10.2 Å². The largest absolute Gasteiger partial charge is 1.00 e. The molecule has 39 heavy (non-hydrogen) atoms. The molecule has 2 saturated heterocycles. The van der Waals surface area contributed by atoms with E-state index in [0.29, 0.717) is 0 Å². The quantitative estimate of drug-likeness (QED) is 0.143. The fraction of sp³-hybridized carbons (Fsp3) is 0.895. The second-order valence-corrected chi connectivity index (χ2v) is 11.8. The maximum Gasteiger partial charge on any atom is 1.00 e. The van der Waals surface area contributed by atoms with Gasteiger partial charge in [-0.15, -0.1) is 0 Å². The molecule has 0 saturated carbocycles. The first kappa shape index (κ1) is 41.0. The van der Waals surface area contributed by atoms with Gasteiger partial charge in [-0.05, 0) is 52.6 Å². The molecule has 0 spiro atoms. The third-order valence-electron chi connectivity index (χ3n) is 4.50. The third-order valence-corrected chi connectivity index (χ3v) is 5.09. The van der Waals surface area contributed by atoms with Crippen LogP contribution in [-0.4, -0.2) is 114 Å². The van der Waals surface area contributed by atoms with Gasteiger partial charge in [-0.25, -0.2) is 9.59 Å². The molecule has 3 N–H and O–H groups in total. The summed E-state index contributed by atoms with van der Waals surface area (Å²) in [5.74, 6) is 0. The summed E-state index contributed by atoms with van der Waals surface area (Å²) in [5, 5.41) is 16.4. The summed E-state index contributed by atoms with van der Waals surface area (Å²) in [7, 11) is -3.71. The van der Waals surface area contributed by atoms with E-state index < -0.39 is 57.8 Å². The summed E-state index contributed by atoms with van der Waals surface area (Å²) in [6.45, 7) is 10.8. The molecule has 0 aromatic heterocycles. The number of hydrogen-bond donors (Lipinski definition) is 1. The number of β-amino-alcohol motifs (C(OH)–C–C–N with tert-alkyl or cyclic N) is 1. The summed E-state index contributed by atoms with van der Waals surface area (Å²) in [5.41, 5.74) is 15.5. The van der Waals surface area contributed by atoms with Crippen LogP contribution in [0.1, 0.15) is 41.5 Å². The van der Waals surface area contributed by atoms with Crippen LogP contribution in [0.3, 0.4) is 0 Å². The fourth-order valence-electron chi connectivity index (χ4n) is 3.15. The van der Waals surface area contributed by atoms with E-state index >= 15 is 0 Å². The molecular formula is C19H36LiN8O10S-. The van der Waals surface area contributed by atoms with Crippen LogP contribution in [0.2, 0.25) is 0 Å². The maximum atomic E-state index is 11.9. The number of carbonyl (C=O) groups is 2. The molecule has 2 rings (SSSR count). The number of rotatable bonds is 4. The van der Waals surface area contributed by atoms with Crippen LogP contribution >= 0.6 is 0 Å². The van der Waals surface area contributed by atoms with Crippen molar-refractivity contribution in [2.24, 2.45) is 10.2 Å². The first-order chi connectivity index (χ1) is 16.3. The Hall–Kier alpha value is -2.45. The zero-order valence-electron chi connectivity index (χ0n) is 23.3. The van der Waals surface area contributed by atoms with Crippen molar-refractivity contribution in [3.05, 3.63) is 20.9 Å². The SMILES string of the molecule is CC(C)(C)OC(=O)N1C[C@@H](O)[C@@H](N=[N+]=[N-])C1.CC(C)(C)OC(=O)N1C[C@H](N=[N+]=[N-])[C@@H](OS(C)(=O)=O)C1.[Li+].[OH-].[OH-]. The number of likely N-dealkylation sites (tertiary alicyclic amines) is 2. The molecule has 18 nitrogen and oxygen atoms in total. The topological polar surface area (TPSA) is 280 Å². The Morgan fingerprint density at radius 2 is 1.23 bits per heavy atom. The van der Waals surface area contributed by atoms with E-state index in [-0.39, 0.29) is 56.0 Å². The number of azide groups is 2. The van der Waals surface area contributed by atoms with Crippen molar-refractivity contribution in [1.82, 2.24) is 9.80 Å². The van der Waals surface area contributed by atoms with Gasteiger partial charge in [-0.3, -0.25) is 4.18 Å². The molecule has 2 fully saturated rings. The van der Waals surface area contributed by atoms with Crippen molar-refractivity contribution in [3.8, 4) is 0 Å². The average molecular weight is 576 g/mol. The molecule has 0 radical (unpaired) electrons. The molecule has 20 heteroatoms. The van der Waals surface area contributed by atoms with Gasteiger partial charge in [0.1, 0.15) is 17.3 Å². The van der Waals surface area contributed by atoms with Crippen LogP contribution in [-0.2, 0) is 23.8 Å². The molecule has 220 valence electrons. The third kappa shape index (κ3) is 15.7. The van der Waals surface area contributed by atoms with E-state index in [2.05, 4.69) is 20.1 Å². The number of nitrogens with zero attached hydrogens (tertiary/aromatic N) is 8. The minimum Gasteiger partial charge on any atom is -0.870 e. The van der Waals surface area contributed by atoms with E-state index in [4.69, 9.17) is 24.7 Å². The zero-order chi connectivity index (χ0) is 27.9. The first-order valence-electron chi connectivity index (χ1n) is 11.0. The van der Waals surface area contributed by atoms with E-state index in [0.717, 1.165) is 6.26 Å². The standard InChI is InChI=1S/C10H18N4O5S.C9H16N4O3.Li.2H2O/c1-10(2,3)18-9(15)14-5-7(12-13-11)8(6-14)19-20(4,16)17;1-9(2,3)16-8(15)13-4-6(11-12-10)7(14)5-13;;;/h7-8H,5-6H2,1-4H3;6-7,14H,4-5H2,1-3H3;;2*1H2/q;;+1;;/p-2/t7-,8-;6-,7+;;;/m00.../s1.